The van der Waals surface area contributed by atoms with Crippen LogP contribution in [-0.4, -0.2) is 17.8 Å². The Morgan fingerprint density at radius 3 is 2.47 bits per heavy atom. The van der Waals surface area contributed by atoms with Crippen molar-refractivity contribution < 1.29 is 4.79 Å². The number of nitrogens with one attached hydrogen (secondary N) is 1. The molecule has 3 heteroatoms. The van der Waals surface area contributed by atoms with Gasteiger partial charge in [0.25, 0.3) is 0 Å². The maximum atomic E-state index is 11.5. The van der Waals surface area contributed by atoms with Crippen molar-refractivity contribution in [3.05, 3.63) is 0 Å². The largest absolute Gasteiger partial charge is 0.354 e. The second-order valence-electron chi connectivity index (χ2n) is 5.74. The van der Waals surface area contributed by atoms with E-state index in [1.165, 1.54) is 6.42 Å². The summed E-state index contributed by atoms with van der Waals surface area (Å²) in [6.07, 6.45) is 4.24. The SMILES string of the molecule is CC(C)(C)CC(Cl)CNC(=O)C1CCC1. The van der Waals surface area contributed by atoms with Gasteiger partial charge in [-0.25, -0.2) is 0 Å². The molecule has 0 aromatic carbocycles. The normalized spacial score (nSPS) is 19.5. The van der Waals surface area contributed by atoms with Crippen molar-refractivity contribution in [1.29, 1.82) is 0 Å². The number of hydrogen-bond acceptors (Lipinski definition) is 1. The molecule has 0 bridgehead atoms. The maximum Gasteiger partial charge on any atom is 0.223 e. The van der Waals surface area contributed by atoms with Crippen molar-refractivity contribution in [3.63, 3.8) is 0 Å². The van der Waals surface area contributed by atoms with Gasteiger partial charge >= 0.3 is 0 Å². The summed E-state index contributed by atoms with van der Waals surface area (Å²) in [5, 5.41) is 2.99. The highest BCUT2D eigenvalue weighted by Gasteiger charge is 2.25. The molecule has 1 aliphatic rings. The van der Waals surface area contributed by atoms with Crippen LogP contribution in [0.4, 0.5) is 0 Å². The van der Waals surface area contributed by atoms with Gasteiger partial charge in [0.1, 0.15) is 0 Å². The Balaban J connectivity index is 2.15. The zero-order chi connectivity index (χ0) is 11.5. The fraction of sp³-hybridized carbons (Fsp3) is 0.917. The summed E-state index contributed by atoms with van der Waals surface area (Å²) in [7, 11) is 0. The number of carbonyl (C=O) groups excluding carboxylic acids is 1. The Morgan fingerprint density at radius 2 is 2.07 bits per heavy atom. The molecule has 1 N–H and O–H groups in total. The third-order valence-electron chi connectivity index (χ3n) is 2.81. The average molecular weight is 232 g/mol. The smallest absolute Gasteiger partial charge is 0.223 e. The van der Waals surface area contributed by atoms with Gasteiger partial charge in [0.15, 0.2) is 0 Å². The average Bonchev–Trinajstić information content (AvgIpc) is 1.94. The number of amides is 1. The Labute approximate surface area is 97.8 Å². The first kappa shape index (κ1) is 12.8. The minimum absolute atomic E-state index is 0.0500. The fourth-order valence-electron chi connectivity index (χ4n) is 1.76. The van der Waals surface area contributed by atoms with Crippen LogP contribution < -0.4 is 5.32 Å². The van der Waals surface area contributed by atoms with E-state index < -0.39 is 0 Å². The summed E-state index contributed by atoms with van der Waals surface area (Å²) in [6, 6.07) is 0. The zero-order valence-electron chi connectivity index (χ0n) is 9.98. The molecule has 0 aliphatic heterocycles. The van der Waals surface area contributed by atoms with E-state index in [0.717, 1.165) is 19.3 Å². The summed E-state index contributed by atoms with van der Waals surface area (Å²) in [5.41, 5.74) is 0.230. The highest BCUT2D eigenvalue weighted by atomic mass is 35.5. The summed E-state index contributed by atoms with van der Waals surface area (Å²) in [5.74, 6) is 0.462. The van der Waals surface area contributed by atoms with Crippen molar-refractivity contribution in [3.8, 4) is 0 Å². The van der Waals surface area contributed by atoms with Gasteiger partial charge in [-0.05, 0) is 24.7 Å². The quantitative estimate of drug-likeness (QED) is 0.741. The van der Waals surface area contributed by atoms with Crippen molar-refractivity contribution >= 4 is 17.5 Å². The van der Waals surface area contributed by atoms with E-state index in [2.05, 4.69) is 26.1 Å². The molecular weight excluding hydrogens is 210 g/mol. The van der Waals surface area contributed by atoms with E-state index in [-0.39, 0.29) is 22.6 Å². The number of rotatable bonds is 4. The molecule has 0 aromatic heterocycles. The van der Waals surface area contributed by atoms with Gasteiger partial charge in [-0.2, -0.15) is 0 Å². The lowest BCUT2D eigenvalue weighted by molar-refractivity contribution is -0.127. The molecule has 2 nitrogen and oxygen atoms in total. The van der Waals surface area contributed by atoms with Gasteiger partial charge in [0.05, 0.1) is 5.38 Å². The van der Waals surface area contributed by atoms with E-state index in [0.29, 0.717) is 6.54 Å². The summed E-state index contributed by atoms with van der Waals surface area (Å²) >= 11 is 6.16. The first-order chi connectivity index (χ1) is 6.88. The van der Waals surface area contributed by atoms with E-state index in [4.69, 9.17) is 11.6 Å². The summed E-state index contributed by atoms with van der Waals surface area (Å²) in [4.78, 5) is 11.5. The van der Waals surface area contributed by atoms with Gasteiger partial charge in [0, 0.05) is 12.5 Å². The number of halogens is 1. The lowest BCUT2D eigenvalue weighted by Gasteiger charge is -2.26. The van der Waals surface area contributed by atoms with E-state index in [9.17, 15) is 4.79 Å². The van der Waals surface area contributed by atoms with Crippen LogP contribution in [0.2, 0.25) is 0 Å². The van der Waals surface area contributed by atoms with Crippen LogP contribution >= 0.6 is 11.6 Å². The van der Waals surface area contributed by atoms with Gasteiger partial charge in [-0.1, -0.05) is 27.2 Å². The topological polar surface area (TPSA) is 29.1 Å². The first-order valence-electron chi connectivity index (χ1n) is 5.80. The summed E-state index contributed by atoms with van der Waals surface area (Å²) in [6.45, 7) is 7.09. The van der Waals surface area contributed by atoms with Crippen LogP contribution in [0.25, 0.3) is 0 Å². The molecule has 1 aliphatic carbocycles. The number of carbonyl (C=O) groups is 1. The molecule has 88 valence electrons. The van der Waals surface area contributed by atoms with Crippen LogP contribution in [0.15, 0.2) is 0 Å². The zero-order valence-corrected chi connectivity index (χ0v) is 10.7. The third kappa shape index (κ3) is 4.87. The molecule has 1 saturated carbocycles. The number of alkyl halides is 1. The molecule has 0 spiro atoms. The molecule has 0 aromatic rings. The fourth-order valence-corrected chi connectivity index (χ4v) is 2.30. The van der Waals surface area contributed by atoms with E-state index in [1.54, 1.807) is 0 Å². The van der Waals surface area contributed by atoms with Crippen molar-refractivity contribution in [1.82, 2.24) is 5.32 Å². The lowest BCUT2D eigenvalue weighted by Crippen LogP contribution is -2.38. The maximum absolute atomic E-state index is 11.5. The van der Waals surface area contributed by atoms with Crippen molar-refractivity contribution in [2.24, 2.45) is 11.3 Å². The van der Waals surface area contributed by atoms with Gasteiger partial charge in [-0.3, -0.25) is 4.79 Å². The van der Waals surface area contributed by atoms with Crippen molar-refractivity contribution in [2.75, 3.05) is 6.54 Å². The molecule has 15 heavy (non-hydrogen) atoms. The van der Waals surface area contributed by atoms with Gasteiger partial charge in [-0.15, -0.1) is 11.6 Å². The minimum atomic E-state index is 0.0500. The monoisotopic (exact) mass is 231 g/mol. The standard InChI is InChI=1S/C12H22ClNO/c1-12(2,3)7-10(13)8-14-11(15)9-5-4-6-9/h9-10H,4-8H2,1-3H3,(H,14,15). The molecule has 1 amide bonds. The minimum Gasteiger partial charge on any atom is -0.354 e. The Bertz CT molecular complexity index is 218. The van der Waals surface area contributed by atoms with Gasteiger partial charge in [0.2, 0.25) is 5.91 Å². The Hall–Kier alpha value is -0.240. The van der Waals surface area contributed by atoms with Gasteiger partial charge < -0.3 is 5.32 Å². The third-order valence-corrected chi connectivity index (χ3v) is 3.12. The molecular formula is C12H22ClNO. The molecule has 1 atom stereocenters. The molecule has 0 radical (unpaired) electrons. The predicted octanol–water partition coefficient (Wildman–Crippen LogP) is 2.95. The van der Waals surface area contributed by atoms with E-state index >= 15 is 0 Å². The Morgan fingerprint density at radius 1 is 1.47 bits per heavy atom. The first-order valence-corrected chi connectivity index (χ1v) is 6.24. The summed E-state index contributed by atoms with van der Waals surface area (Å²) < 4.78 is 0. The lowest BCUT2D eigenvalue weighted by atomic mass is 9.84. The highest BCUT2D eigenvalue weighted by molar-refractivity contribution is 6.20. The second kappa shape index (κ2) is 5.20. The molecule has 1 unspecified atom stereocenters. The van der Waals surface area contributed by atoms with Crippen molar-refractivity contribution in [2.45, 2.75) is 51.8 Å². The molecule has 1 rings (SSSR count). The molecule has 0 saturated heterocycles. The second-order valence-corrected chi connectivity index (χ2v) is 6.35. The van der Waals surface area contributed by atoms with Crippen LogP contribution in [-0.2, 0) is 4.79 Å². The van der Waals surface area contributed by atoms with E-state index in [1.807, 2.05) is 0 Å². The van der Waals surface area contributed by atoms with Crippen LogP contribution in [0.1, 0.15) is 46.5 Å². The van der Waals surface area contributed by atoms with Crippen LogP contribution in [0.3, 0.4) is 0 Å². The van der Waals surface area contributed by atoms with Crippen LogP contribution in [0, 0.1) is 11.3 Å². The highest BCUT2D eigenvalue weighted by Crippen LogP contribution is 2.27. The number of hydrogen-bond donors (Lipinski definition) is 1. The molecule has 1 fully saturated rings. The Kier molecular flexibility index (Phi) is 4.45. The predicted molar refractivity (Wildman–Crippen MR) is 64.1 cm³/mol. The molecule has 0 heterocycles. The van der Waals surface area contributed by atoms with Crippen LogP contribution in [0.5, 0.6) is 0 Å².